The number of rotatable bonds is 5. The summed E-state index contributed by atoms with van der Waals surface area (Å²) in [4.78, 5) is 14.4. The van der Waals surface area contributed by atoms with Crippen LogP contribution in [0.4, 0.5) is 0 Å². The molecule has 1 N–H and O–H groups in total. The SMILES string of the molecule is O=C(COCC1CCOC1)N1CCNCC1c1ccccc1Cl. The van der Waals surface area contributed by atoms with Crippen LogP contribution in [0.3, 0.4) is 0 Å². The van der Waals surface area contributed by atoms with Crippen LogP contribution < -0.4 is 5.32 Å². The Balaban J connectivity index is 1.59. The summed E-state index contributed by atoms with van der Waals surface area (Å²) in [6, 6.07) is 7.67. The fraction of sp³-hybridized carbons (Fsp3) is 0.588. The molecule has 0 saturated carbocycles. The van der Waals surface area contributed by atoms with Gasteiger partial charge in [0.15, 0.2) is 0 Å². The zero-order valence-corrected chi connectivity index (χ0v) is 13.9. The van der Waals surface area contributed by atoms with Crippen molar-refractivity contribution in [1.82, 2.24) is 10.2 Å². The largest absolute Gasteiger partial charge is 0.381 e. The van der Waals surface area contributed by atoms with Crippen LogP contribution in [0.15, 0.2) is 24.3 Å². The van der Waals surface area contributed by atoms with Gasteiger partial charge >= 0.3 is 0 Å². The lowest BCUT2D eigenvalue weighted by atomic mass is 10.0. The summed E-state index contributed by atoms with van der Waals surface area (Å²) in [7, 11) is 0. The van der Waals surface area contributed by atoms with Gasteiger partial charge in [-0.1, -0.05) is 29.8 Å². The molecular formula is C17H23ClN2O3. The predicted octanol–water partition coefficient (Wildman–Crippen LogP) is 1.87. The fourth-order valence-electron chi connectivity index (χ4n) is 3.14. The van der Waals surface area contributed by atoms with Gasteiger partial charge in [-0.25, -0.2) is 0 Å². The first-order valence-corrected chi connectivity index (χ1v) is 8.53. The average molecular weight is 339 g/mol. The maximum absolute atomic E-state index is 12.6. The number of hydrogen-bond donors (Lipinski definition) is 1. The van der Waals surface area contributed by atoms with Gasteiger partial charge in [0, 0.05) is 37.2 Å². The molecule has 2 atom stereocenters. The molecule has 2 saturated heterocycles. The quantitative estimate of drug-likeness (QED) is 0.890. The van der Waals surface area contributed by atoms with Crippen molar-refractivity contribution < 1.29 is 14.3 Å². The van der Waals surface area contributed by atoms with Crippen molar-refractivity contribution in [1.29, 1.82) is 0 Å². The maximum Gasteiger partial charge on any atom is 0.249 e. The second-order valence-corrected chi connectivity index (χ2v) is 6.48. The number of nitrogens with one attached hydrogen (secondary N) is 1. The highest BCUT2D eigenvalue weighted by Gasteiger charge is 2.29. The van der Waals surface area contributed by atoms with Gasteiger partial charge in [0.05, 0.1) is 19.3 Å². The molecule has 6 heteroatoms. The van der Waals surface area contributed by atoms with Gasteiger partial charge in [-0.05, 0) is 18.1 Å². The van der Waals surface area contributed by atoms with Crippen molar-refractivity contribution in [2.24, 2.45) is 5.92 Å². The molecule has 2 aliphatic heterocycles. The molecule has 2 fully saturated rings. The Morgan fingerprint density at radius 2 is 2.30 bits per heavy atom. The van der Waals surface area contributed by atoms with Gasteiger partial charge in [0.25, 0.3) is 0 Å². The average Bonchev–Trinajstić information content (AvgIpc) is 3.09. The molecule has 2 unspecified atom stereocenters. The summed E-state index contributed by atoms with van der Waals surface area (Å²) < 4.78 is 10.9. The summed E-state index contributed by atoms with van der Waals surface area (Å²) in [5.41, 5.74) is 0.985. The van der Waals surface area contributed by atoms with Gasteiger partial charge in [-0.2, -0.15) is 0 Å². The predicted molar refractivity (Wildman–Crippen MR) is 88.5 cm³/mol. The highest BCUT2D eigenvalue weighted by atomic mass is 35.5. The summed E-state index contributed by atoms with van der Waals surface area (Å²) in [5, 5.41) is 4.03. The maximum atomic E-state index is 12.6. The zero-order chi connectivity index (χ0) is 16.1. The van der Waals surface area contributed by atoms with Crippen LogP contribution in [0.2, 0.25) is 5.02 Å². The highest BCUT2D eigenvalue weighted by molar-refractivity contribution is 6.31. The molecule has 0 aromatic heterocycles. The normalized spacial score (nSPS) is 24.8. The molecule has 1 amide bonds. The Labute approximate surface area is 141 Å². The molecule has 23 heavy (non-hydrogen) atoms. The first-order chi connectivity index (χ1) is 11.3. The first-order valence-electron chi connectivity index (χ1n) is 8.16. The van der Waals surface area contributed by atoms with Crippen LogP contribution in [0.1, 0.15) is 18.0 Å². The van der Waals surface area contributed by atoms with Gasteiger partial charge in [0.1, 0.15) is 6.61 Å². The van der Waals surface area contributed by atoms with E-state index in [1.165, 1.54) is 0 Å². The third-order valence-corrected chi connectivity index (χ3v) is 4.78. The van der Waals surface area contributed by atoms with E-state index in [0.717, 1.165) is 31.7 Å². The second-order valence-electron chi connectivity index (χ2n) is 6.07. The van der Waals surface area contributed by atoms with Crippen molar-refractivity contribution in [3.8, 4) is 0 Å². The fourth-order valence-corrected chi connectivity index (χ4v) is 3.40. The van der Waals surface area contributed by atoms with Crippen molar-refractivity contribution in [3.05, 3.63) is 34.9 Å². The molecule has 3 rings (SSSR count). The number of halogens is 1. The van der Waals surface area contributed by atoms with Gasteiger partial charge in [-0.15, -0.1) is 0 Å². The number of hydrogen-bond acceptors (Lipinski definition) is 4. The lowest BCUT2D eigenvalue weighted by molar-refractivity contribution is -0.140. The number of piperazine rings is 1. The summed E-state index contributed by atoms with van der Waals surface area (Å²) in [6.45, 7) is 4.43. The van der Waals surface area contributed by atoms with E-state index in [9.17, 15) is 4.79 Å². The van der Waals surface area contributed by atoms with Gasteiger partial charge < -0.3 is 19.7 Å². The van der Waals surface area contributed by atoms with Crippen LogP contribution in [-0.4, -0.2) is 56.9 Å². The number of nitrogens with zero attached hydrogens (tertiary/aromatic N) is 1. The molecule has 2 aliphatic rings. The summed E-state index contributed by atoms with van der Waals surface area (Å²) >= 11 is 6.31. The van der Waals surface area contributed by atoms with Crippen molar-refractivity contribution in [3.63, 3.8) is 0 Å². The summed E-state index contributed by atoms with van der Waals surface area (Å²) in [5.74, 6) is 0.445. The van der Waals surface area contributed by atoms with Crippen molar-refractivity contribution in [2.75, 3.05) is 46.1 Å². The van der Waals surface area contributed by atoms with E-state index in [0.29, 0.717) is 30.6 Å². The van der Waals surface area contributed by atoms with Gasteiger partial charge in [0.2, 0.25) is 5.91 Å². The van der Waals surface area contributed by atoms with E-state index >= 15 is 0 Å². The Morgan fingerprint density at radius 1 is 1.43 bits per heavy atom. The molecule has 1 aromatic rings. The number of benzene rings is 1. The van der Waals surface area contributed by atoms with E-state index in [2.05, 4.69) is 5.32 Å². The minimum absolute atomic E-state index is 0.0235. The number of carbonyl (C=O) groups is 1. The summed E-state index contributed by atoms with van der Waals surface area (Å²) in [6.07, 6.45) is 1.02. The van der Waals surface area contributed by atoms with Crippen molar-refractivity contribution in [2.45, 2.75) is 12.5 Å². The smallest absolute Gasteiger partial charge is 0.249 e. The van der Waals surface area contributed by atoms with Crippen LogP contribution in [0.5, 0.6) is 0 Å². The molecule has 0 aliphatic carbocycles. The molecular weight excluding hydrogens is 316 g/mol. The molecule has 126 valence electrons. The minimum Gasteiger partial charge on any atom is -0.381 e. The number of carbonyl (C=O) groups excluding carboxylic acids is 1. The Kier molecular flexibility index (Phi) is 5.89. The van der Waals surface area contributed by atoms with Gasteiger partial charge in [-0.3, -0.25) is 4.79 Å². The minimum atomic E-state index is -0.0386. The van der Waals surface area contributed by atoms with E-state index < -0.39 is 0 Å². The topological polar surface area (TPSA) is 50.8 Å². The third kappa shape index (κ3) is 4.23. The molecule has 5 nitrogen and oxygen atoms in total. The molecule has 1 aromatic carbocycles. The Morgan fingerprint density at radius 3 is 3.09 bits per heavy atom. The van der Waals surface area contributed by atoms with Crippen molar-refractivity contribution >= 4 is 17.5 Å². The monoisotopic (exact) mass is 338 g/mol. The van der Waals surface area contributed by atoms with Crippen LogP contribution in [0, 0.1) is 5.92 Å². The van der Waals surface area contributed by atoms with Crippen LogP contribution in [-0.2, 0) is 14.3 Å². The molecule has 0 bridgehead atoms. The molecule has 2 heterocycles. The lowest BCUT2D eigenvalue weighted by Crippen LogP contribution is -2.50. The molecule has 0 radical (unpaired) electrons. The highest BCUT2D eigenvalue weighted by Crippen LogP contribution is 2.28. The lowest BCUT2D eigenvalue weighted by Gasteiger charge is -2.37. The Bertz CT molecular complexity index is 534. The Hall–Kier alpha value is -1.14. The number of amides is 1. The second kappa shape index (κ2) is 8.11. The number of ether oxygens (including phenoxy) is 2. The molecule has 0 spiro atoms. The standard InChI is InChI=1S/C17H23ClN2O3/c18-15-4-2-1-3-14(15)16-9-19-6-7-20(16)17(21)12-23-11-13-5-8-22-10-13/h1-4,13,16,19H,5-12H2. The van der Waals surface area contributed by atoms with E-state index in [1.807, 2.05) is 29.2 Å². The first kappa shape index (κ1) is 16.7. The zero-order valence-electron chi connectivity index (χ0n) is 13.2. The van der Waals surface area contributed by atoms with E-state index in [1.54, 1.807) is 0 Å². The van der Waals surface area contributed by atoms with E-state index in [-0.39, 0.29) is 18.6 Å². The van der Waals surface area contributed by atoms with Crippen LogP contribution >= 0.6 is 11.6 Å². The van der Waals surface area contributed by atoms with E-state index in [4.69, 9.17) is 21.1 Å². The van der Waals surface area contributed by atoms with Crippen LogP contribution in [0.25, 0.3) is 0 Å². The third-order valence-electron chi connectivity index (χ3n) is 4.43.